The van der Waals surface area contributed by atoms with E-state index in [2.05, 4.69) is 9.62 Å². The van der Waals surface area contributed by atoms with Crippen LogP contribution in [0.1, 0.15) is 17.3 Å². The average molecular weight is 352 g/mol. The summed E-state index contributed by atoms with van der Waals surface area (Å²) in [5.74, 6) is -1.14. The largest absolute Gasteiger partial charge is 0.496 e. The lowest BCUT2D eigenvalue weighted by molar-refractivity contribution is 0.0693. The van der Waals surface area contributed by atoms with Crippen molar-refractivity contribution in [1.82, 2.24) is 9.62 Å². The summed E-state index contributed by atoms with van der Waals surface area (Å²) in [6, 6.07) is 3.74. The van der Waals surface area contributed by atoms with Crippen LogP contribution in [0.4, 0.5) is 0 Å². The third-order valence-electron chi connectivity index (χ3n) is 3.60. The second-order valence-electron chi connectivity index (χ2n) is 5.19. The quantitative estimate of drug-likeness (QED) is 0.771. The maximum absolute atomic E-state index is 12.4. The van der Waals surface area contributed by atoms with Crippen LogP contribution in [0.25, 0.3) is 0 Å². The molecule has 0 amide bonds. The summed E-state index contributed by atoms with van der Waals surface area (Å²) in [4.78, 5) is 13.2. The minimum atomic E-state index is -3.83. The highest BCUT2D eigenvalue weighted by Gasteiger charge is 2.19. The van der Waals surface area contributed by atoms with Crippen LogP contribution >= 0.6 is 0 Å². The maximum atomic E-state index is 12.4. The molecular weight excluding hydrogens is 332 g/mol. The number of nitrogens with one attached hydrogen (secondary N) is 1. The van der Waals surface area contributed by atoms with Gasteiger partial charge in [0.05, 0.1) is 12.0 Å². The van der Waals surface area contributed by atoms with E-state index in [4.69, 9.17) is 9.84 Å². The average Bonchev–Trinajstić information content (AvgIpc) is 2.59. The van der Waals surface area contributed by atoms with E-state index in [-0.39, 0.29) is 22.8 Å². The molecule has 0 bridgehead atoms. The predicted molar refractivity (Wildman–Crippen MR) is 89.6 cm³/mol. The minimum Gasteiger partial charge on any atom is -0.496 e. The third kappa shape index (κ3) is 4.15. The number of nitrogens with zero attached hydrogens (tertiary/aromatic N) is 1. The number of carboxylic acids is 1. The lowest BCUT2D eigenvalue weighted by atomic mass is 10.2. The number of methoxy groups -OCH3 is 1. The van der Waals surface area contributed by atoms with E-state index in [1.165, 1.54) is 19.2 Å². The summed E-state index contributed by atoms with van der Waals surface area (Å²) < 4.78 is 32.2. The van der Waals surface area contributed by atoms with Crippen molar-refractivity contribution in [3.8, 4) is 5.75 Å². The normalized spacial score (nSPS) is 14.4. The highest BCUT2D eigenvalue weighted by atomic mass is 32.2. The molecule has 2 rings (SSSR count). The summed E-state index contributed by atoms with van der Waals surface area (Å²) in [5.41, 5.74) is 0.632. The van der Waals surface area contributed by atoms with Crippen LogP contribution in [0, 0.1) is 0 Å². The van der Waals surface area contributed by atoms with Crippen molar-refractivity contribution in [2.45, 2.75) is 11.8 Å². The Labute approximate surface area is 141 Å². The van der Waals surface area contributed by atoms with Gasteiger partial charge in [-0.25, -0.2) is 17.9 Å². The zero-order valence-electron chi connectivity index (χ0n) is 13.5. The van der Waals surface area contributed by atoms with Gasteiger partial charge >= 0.3 is 5.97 Å². The second kappa shape index (κ2) is 7.50. The van der Waals surface area contributed by atoms with Crippen LogP contribution in [0.15, 0.2) is 47.0 Å². The summed E-state index contributed by atoms with van der Waals surface area (Å²) in [7, 11) is -2.50. The first-order valence-corrected chi connectivity index (χ1v) is 8.88. The van der Waals surface area contributed by atoms with Gasteiger partial charge in [0.25, 0.3) is 0 Å². The Bertz CT molecular complexity index is 784. The molecule has 7 nitrogen and oxygen atoms in total. The molecule has 0 aromatic heterocycles. The highest BCUT2D eigenvalue weighted by Crippen LogP contribution is 2.22. The molecule has 8 heteroatoms. The molecule has 0 spiro atoms. The fourth-order valence-electron chi connectivity index (χ4n) is 2.28. The van der Waals surface area contributed by atoms with E-state index in [1.807, 2.05) is 25.3 Å². The number of benzene rings is 1. The van der Waals surface area contributed by atoms with Gasteiger partial charge in [0.2, 0.25) is 10.0 Å². The fraction of sp³-hybridized carbons (Fsp3) is 0.312. The van der Waals surface area contributed by atoms with Crippen molar-refractivity contribution in [1.29, 1.82) is 0 Å². The number of likely N-dealkylation sites (N-methyl/N-ethyl adjacent to an activating group) is 1. The number of hydrogen-bond donors (Lipinski definition) is 2. The molecule has 0 atom stereocenters. The van der Waals surface area contributed by atoms with Gasteiger partial charge in [-0.1, -0.05) is 12.2 Å². The first-order chi connectivity index (χ1) is 11.4. The van der Waals surface area contributed by atoms with Crippen molar-refractivity contribution >= 4 is 16.0 Å². The van der Waals surface area contributed by atoms with Crippen molar-refractivity contribution in [2.24, 2.45) is 0 Å². The van der Waals surface area contributed by atoms with Crippen molar-refractivity contribution < 1.29 is 23.1 Å². The minimum absolute atomic E-state index is 0.109. The molecule has 0 aliphatic carbocycles. The molecule has 1 aliphatic heterocycles. The third-order valence-corrected chi connectivity index (χ3v) is 5.00. The molecule has 1 aromatic rings. The van der Waals surface area contributed by atoms with Gasteiger partial charge in [0, 0.05) is 25.8 Å². The number of hydrogen-bond acceptors (Lipinski definition) is 5. The van der Waals surface area contributed by atoms with E-state index < -0.39 is 16.0 Å². The van der Waals surface area contributed by atoms with Crippen LogP contribution < -0.4 is 9.46 Å². The van der Waals surface area contributed by atoms with Crippen molar-refractivity contribution in [3.05, 3.63) is 47.7 Å². The number of ether oxygens (including phenoxy) is 1. The van der Waals surface area contributed by atoms with Crippen LogP contribution in [0.3, 0.4) is 0 Å². The number of sulfonamides is 1. The Hall–Kier alpha value is -2.32. The number of aromatic carboxylic acids is 1. The fourth-order valence-corrected chi connectivity index (χ4v) is 3.32. The molecule has 1 aromatic carbocycles. The zero-order chi connectivity index (χ0) is 17.7. The van der Waals surface area contributed by atoms with Crippen LogP contribution in [0.5, 0.6) is 5.75 Å². The number of rotatable bonds is 7. The molecule has 130 valence electrons. The topological polar surface area (TPSA) is 95.9 Å². The summed E-state index contributed by atoms with van der Waals surface area (Å²) in [5, 5.41) is 9.16. The van der Waals surface area contributed by atoms with E-state index in [0.29, 0.717) is 0 Å². The Morgan fingerprint density at radius 3 is 2.79 bits per heavy atom. The van der Waals surface area contributed by atoms with Gasteiger partial charge in [0.15, 0.2) is 0 Å². The molecule has 0 saturated heterocycles. The molecule has 2 N–H and O–H groups in total. The first kappa shape index (κ1) is 18.0. The summed E-state index contributed by atoms with van der Waals surface area (Å²) >= 11 is 0. The number of carbonyl (C=O) groups is 1. The highest BCUT2D eigenvalue weighted by molar-refractivity contribution is 7.89. The molecule has 0 fully saturated rings. The Morgan fingerprint density at radius 2 is 2.17 bits per heavy atom. The van der Waals surface area contributed by atoms with Crippen LogP contribution in [-0.2, 0) is 10.0 Å². The lowest BCUT2D eigenvalue weighted by Gasteiger charge is -2.21. The molecule has 24 heavy (non-hydrogen) atoms. The van der Waals surface area contributed by atoms with Gasteiger partial charge in [-0.2, -0.15) is 0 Å². The maximum Gasteiger partial charge on any atom is 0.339 e. The van der Waals surface area contributed by atoms with E-state index >= 15 is 0 Å². The number of carboxylic acid groups (broad SMARTS) is 1. The van der Waals surface area contributed by atoms with Crippen molar-refractivity contribution in [2.75, 3.05) is 26.7 Å². The SMILES string of the molecule is CCN1C=C(CNS(=O)(=O)c2ccc(OC)c(C(=O)O)c2)C=CC1. The van der Waals surface area contributed by atoms with E-state index in [9.17, 15) is 13.2 Å². The molecule has 0 unspecified atom stereocenters. The monoisotopic (exact) mass is 352 g/mol. The predicted octanol–water partition coefficient (Wildman–Crippen LogP) is 1.45. The van der Waals surface area contributed by atoms with Gasteiger partial charge < -0.3 is 14.7 Å². The van der Waals surface area contributed by atoms with Crippen molar-refractivity contribution in [3.63, 3.8) is 0 Å². The molecular formula is C16H20N2O5S. The molecule has 0 saturated carbocycles. The molecule has 0 radical (unpaired) electrons. The first-order valence-electron chi connectivity index (χ1n) is 7.39. The summed E-state index contributed by atoms with van der Waals surface area (Å²) in [6.45, 7) is 3.78. The Morgan fingerprint density at radius 1 is 1.42 bits per heavy atom. The Kier molecular flexibility index (Phi) is 5.63. The standard InChI is InChI=1S/C16H20N2O5S/c1-3-18-8-4-5-12(11-18)10-17-24(21,22)13-6-7-15(23-2)14(9-13)16(19)20/h4-7,9,11,17H,3,8,10H2,1-2H3,(H,19,20). The molecule has 1 aliphatic rings. The van der Waals surface area contributed by atoms with Crippen LogP contribution in [0.2, 0.25) is 0 Å². The second-order valence-corrected chi connectivity index (χ2v) is 6.95. The zero-order valence-corrected chi connectivity index (χ0v) is 14.3. The van der Waals surface area contributed by atoms with Gasteiger partial charge in [-0.3, -0.25) is 0 Å². The van der Waals surface area contributed by atoms with Gasteiger partial charge in [0.1, 0.15) is 11.3 Å². The lowest BCUT2D eigenvalue weighted by Crippen LogP contribution is -2.28. The van der Waals surface area contributed by atoms with Crippen LogP contribution in [-0.4, -0.2) is 51.1 Å². The van der Waals surface area contributed by atoms with Gasteiger partial charge in [-0.05, 0) is 30.7 Å². The summed E-state index contributed by atoms with van der Waals surface area (Å²) in [6.07, 6.45) is 5.73. The Balaban J connectivity index is 2.19. The van der Waals surface area contributed by atoms with E-state index in [0.717, 1.165) is 24.7 Å². The van der Waals surface area contributed by atoms with Gasteiger partial charge in [-0.15, -0.1) is 0 Å². The smallest absolute Gasteiger partial charge is 0.339 e. The molecule has 1 heterocycles. The van der Waals surface area contributed by atoms with E-state index in [1.54, 1.807) is 0 Å².